The Morgan fingerprint density at radius 3 is 2.55 bits per heavy atom. The number of Topliss-reactive ketones (excluding diaryl/α,β-unsaturated/α-hetero) is 1. The molecule has 6 fully saturated rings. The molecule has 172 valence electrons. The summed E-state index contributed by atoms with van der Waals surface area (Å²) in [6.07, 6.45) is 6.71. The van der Waals surface area contributed by atoms with E-state index in [-0.39, 0.29) is 28.5 Å². The topological polar surface area (TPSA) is 83.8 Å². The van der Waals surface area contributed by atoms with Crippen LogP contribution in [0.1, 0.15) is 78.6 Å². The van der Waals surface area contributed by atoms with Gasteiger partial charge in [0.15, 0.2) is 0 Å². The Morgan fingerprint density at radius 2 is 1.81 bits per heavy atom. The highest BCUT2D eigenvalue weighted by Crippen LogP contribution is 2.81. The largest absolute Gasteiger partial charge is 0.466 e. The molecular weight excluding hydrogens is 392 g/mol. The second-order valence-electron chi connectivity index (χ2n) is 12.5. The van der Waals surface area contributed by atoms with Crippen LogP contribution in [0, 0.1) is 52.3 Å². The summed E-state index contributed by atoms with van der Waals surface area (Å²) in [5, 5.41) is 23.9. The van der Waals surface area contributed by atoms with E-state index in [1.54, 1.807) is 0 Å². The van der Waals surface area contributed by atoms with Gasteiger partial charge in [0, 0.05) is 24.7 Å². The van der Waals surface area contributed by atoms with Gasteiger partial charge in [0.1, 0.15) is 5.78 Å². The number of ether oxygens (including phenoxy) is 1. The normalized spacial score (nSPS) is 58.4. The number of esters is 1. The number of rotatable bonds is 4. The fourth-order valence-corrected chi connectivity index (χ4v) is 10.1. The third kappa shape index (κ3) is 2.35. The van der Waals surface area contributed by atoms with Crippen molar-refractivity contribution in [1.29, 1.82) is 0 Å². The second-order valence-corrected chi connectivity index (χ2v) is 12.5. The van der Waals surface area contributed by atoms with Crippen LogP contribution >= 0.6 is 0 Å². The lowest BCUT2D eigenvalue weighted by Gasteiger charge is -2.64. The first-order chi connectivity index (χ1) is 14.6. The quantitative estimate of drug-likeness (QED) is 0.667. The minimum atomic E-state index is -0.816. The number of aliphatic hydroxyl groups is 2. The maximum absolute atomic E-state index is 12.3. The van der Waals surface area contributed by atoms with E-state index in [1.807, 2.05) is 6.92 Å². The molecule has 5 heteroatoms. The van der Waals surface area contributed by atoms with Crippen LogP contribution in [0.2, 0.25) is 0 Å². The molecule has 0 radical (unpaired) electrons. The fraction of sp³-hybridized carbons (Fsp3) is 0.923. The lowest BCUT2D eigenvalue weighted by atomic mass is 9.42. The van der Waals surface area contributed by atoms with Gasteiger partial charge in [0.2, 0.25) is 0 Å². The highest BCUT2D eigenvalue weighted by atomic mass is 16.5. The van der Waals surface area contributed by atoms with Gasteiger partial charge in [-0.25, -0.2) is 0 Å². The van der Waals surface area contributed by atoms with Gasteiger partial charge in [0.25, 0.3) is 0 Å². The lowest BCUT2D eigenvalue weighted by Crippen LogP contribution is -2.65. The van der Waals surface area contributed by atoms with E-state index in [4.69, 9.17) is 4.74 Å². The van der Waals surface area contributed by atoms with E-state index in [9.17, 15) is 19.8 Å². The van der Waals surface area contributed by atoms with Crippen molar-refractivity contribution in [3.05, 3.63) is 0 Å². The Balaban J connectivity index is 1.32. The molecule has 11 atom stereocenters. The molecule has 6 aliphatic carbocycles. The molecule has 0 saturated heterocycles. The molecule has 5 nitrogen and oxygen atoms in total. The minimum absolute atomic E-state index is 0.155. The number of fused-ring (bicyclic) bond motifs is 10. The molecule has 0 aromatic heterocycles. The van der Waals surface area contributed by atoms with Crippen molar-refractivity contribution >= 4 is 11.8 Å². The number of ketones is 1. The van der Waals surface area contributed by atoms with Crippen molar-refractivity contribution in [1.82, 2.24) is 0 Å². The molecule has 0 bridgehead atoms. The first-order valence-electron chi connectivity index (χ1n) is 12.7. The molecule has 0 amide bonds. The lowest BCUT2D eigenvalue weighted by molar-refractivity contribution is -0.223. The van der Waals surface area contributed by atoms with Crippen LogP contribution in [0.5, 0.6) is 0 Å². The van der Waals surface area contributed by atoms with Crippen molar-refractivity contribution in [3.63, 3.8) is 0 Å². The summed E-state index contributed by atoms with van der Waals surface area (Å²) in [6, 6.07) is 0. The zero-order chi connectivity index (χ0) is 22.0. The van der Waals surface area contributed by atoms with E-state index < -0.39 is 11.2 Å². The predicted molar refractivity (Wildman–Crippen MR) is 114 cm³/mol. The van der Waals surface area contributed by atoms with Crippen molar-refractivity contribution < 1.29 is 24.5 Å². The van der Waals surface area contributed by atoms with Crippen molar-refractivity contribution in [2.24, 2.45) is 52.3 Å². The number of carbonyl (C=O) groups excluding carboxylic acids is 2. The summed E-state index contributed by atoms with van der Waals surface area (Å²) >= 11 is 0. The minimum Gasteiger partial charge on any atom is -0.466 e. The van der Waals surface area contributed by atoms with Crippen molar-refractivity contribution in [2.45, 2.75) is 89.8 Å². The molecule has 2 N–H and O–H groups in total. The predicted octanol–water partition coefficient (Wildman–Crippen LogP) is 3.50. The molecular formula is C26H38O5. The first kappa shape index (κ1) is 20.7. The second kappa shape index (κ2) is 6.14. The molecule has 0 aliphatic heterocycles. The number of hydrogen-bond donors (Lipinski definition) is 2. The van der Waals surface area contributed by atoms with Gasteiger partial charge in [-0.1, -0.05) is 13.8 Å². The number of hydrogen-bond acceptors (Lipinski definition) is 5. The van der Waals surface area contributed by atoms with Gasteiger partial charge >= 0.3 is 5.97 Å². The Hall–Kier alpha value is -0.940. The first-order valence-corrected chi connectivity index (χ1v) is 12.7. The van der Waals surface area contributed by atoms with Gasteiger partial charge in [-0.2, -0.15) is 0 Å². The highest BCUT2D eigenvalue weighted by molar-refractivity contribution is 5.81. The smallest absolute Gasteiger partial charge is 0.305 e. The molecule has 0 heterocycles. The van der Waals surface area contributed by atoms with E-state index in [2.05, 4.69) is 13.8 Å². The van der Waals surface area contributed by atoms with Gasteiger partial charge in [-0.3, -0.25) is 9.59 Å². The van der Waals surface area contributed by atoms with Crippen molar-refractivity contribution in [2.75, 3.05) is 6.61 Å². The molecule has 31 heavy (non-hydrogen) atoms. The third-order valence-corrected chi connectivity index (χ3v) is 11.7. The maximum atomic E-state index is 12.3. The van der Waals surface area contributed by atoms with Crippen LogP contribution in [0.4, 0.5) is 0 Å². The molecule has 4 unspecified atom stereocenters. The summed E-state index contributed by atoms with van der Waals surface area (Å²) in [6.45, 7) is 6.80. The summed E-state index contributed by atoms with van der Waals surface area (Å²) in [4.78, 5) is 24.4. The average molecular weight is 431 g/mol. The molecule has 0 aromatic rings. The Morgan fingerprint density at radius 1 is 1.06 bits per heavy atom. The van der Waals surface area contributed by atoms with E-state index in [0.29, 0.717) is 67.8 Å². The Labute approximate surface area is 185 Å². The standard InChI is InChI=1S/C26H38O5/c1-4-31-20(28)7-10-25(29)19-12-16(19)22-21-15-11-18(15)26(30)13-14(27)5-8-23(26,2)17(21)6-9-24(22,25)3/h15-19,21-22,29-30H,4-13H2,1-3H3/t15-,16?,17?,18+,19-,21?,22?,23+,24-,25-,26+/m0/s1. The molecule has 6 rings (SSSR count). The van der Waals surface area contributed by atoms with Crippen LogP contribution in [0.3, 0.4) is 0 Å². The highest BCUT2D eigenvalue weighted by Gasteiger charge is 2.81. The summed E-state index contributed by atoms with van der Waals surface area (Å²) in [7, 11) is 0. The zero-order valence-corrected chi connectivity index (χ0v) is 19.2. The van der Waals surface area contributed by atoms with Crippen molar-refractivity contribution in [3.8, 4) is 0 Å². The van der Waals surface area contributed by atoms with Crippen LogP contribution in [-0.4, -0.2) is 39.8 Å². The fourth-order valence-electron chi connectivity index (χ4n) is 10.1. The van der Waals surface area contributed by atoms with E-state index in [1.165, 1.54) is 0 Å². The maximum Gasteiger partial charge on any atom is 0.305 e. The van der Waals surface area contributed by atoms with E-state index >= 15 is 0 Å². The molecule has 6 saturated carbocycles. The Kier molecular flexibility index (Phi) is 4.09. The zero-order valence-electron chi connectivity index (χ0n) is 19.2. The SMILES string of the molecule is CCOC(=O)CC[C@]1(O)[C@H]2CC2C2C3C(CC[C@@]21C)[C@@]1(C)CCC(=O)C[C@@]1(O)[C@@H]1C[C@H]31. The average Bonchev–Trinajstić information content (AvgIpc) is 3.61. The van der Waals surface area contributed by atoms with E-state index in [0.717, 1.165) is 32.1 Å². The molecule has 0 aromatic carbocycles. The van der Waals surface area contributed by atoms with Gasteiger partial charge < -0.3 is 14.9 Å². The van der Waals surface area contributed by atoms with Crippen LogP contribution < -0.4 is 0 Å². The van der Waals surface area contributed by atoms with Gasteiger partial charge in [0.05, 0.1) is 17.8 Å². The van der Waals surface area contributed by atoms with Gasteiger partial charge in [-0.05, 0) is 92.3 Å². The summed E-state index contributed by atoms with van der Waals surface area (Å²) in [5.74, 6) is 3.16. The van der Waals surface area contributed by atoms with Crippen LogP contribution in [0.15, 0.2) is 0 Å². The monoisotopic (exact) mass is 430 g/mol. The number of carbonyl (C=O) groups is 2. The molecule has 0 spiro atoms. The van der Waals surface area contributed by atoms with Crippen LogP contribution in [0.25, 0.3) is 0 Å². The van der Waals surface area contributed by atoms with Crippen LogP contribution in [-0.2, 0) is 14.3 Å². The Bertz CT molecular complexity index is 840. The summed E-state index contributed by atoms with van der Waals surface area (Å²) in [5.41, 5.74) is -1.93. The molecule has 6 aliphatic rings. The third-order valence-electron chi connectivity index (χ3n) is 11.7. The summed E-state index contributed by atoms with van der Waals surface area (Å²) < 4.78 is 5.16. The van der Waals surface area contributed by atoms with Gasteiger partial charge in [-0.15, -0.1) is 0 Å².